The molecule has 3 rings (SSSR count). The smallest absolute Gasteiger partial charge is 0.314 e. The number of hydrogen-bond acceptors (Lipinski definition) is 4. The predicted octanol–water partition coefficient (Wildman–Crippen LogP) is 2.15. The van der Waals surface area contributed by atoms with Crippen molar-refractivity contribution in [3.63, 3.8) is 0 Å². The number of anilines is 2. The Morgan fingerprint density at radius 1 is 1.09 bits per heavy atom. The number of aryl methyl sites for hydroxylation is 1. The topological polar surface area (TPSA) is 107 Å². The first-order valence-corrected chi connectivity index (χ1v) is 6.88. The number of rotatable bonds is 2. The molecule has 0 unspecified atom stereocenters. The summed E-state index contributed by atoms with van der Waals surface area (Å²) in [6.07, 6.45) is 1.55. The third-order valence-electron chi connectivity index (χ3n) is 3.34. The van der Waals surface area contributed by atoms with Crippen LogP contribution in [0.5, 0.6) is 5.75 Å². The summed E-state index contributed by atoms with van der Waals surface area (Å²) < 4.78 is 0. The third kappa shape index (κ3) is 3.13. The second-order valence-corrected chi connectivity index (χ2v) is 5.04. The van der Waals surface area contributed by atoms with Gasteiger partial charge in [-0.3, -0.25) is 9.59 Å². The highest BCUT2D eigenvalue weighted by Crippen LogP contribution is 2.20. The fourth-order valence-corrected chi connectivity index (χ4v) is 2.17. The van der Waals surface area contributed by atoms with E-state index in [0.29, 0.717) is 16.9 Å². The molecule has 2 amide bonds. The van der Waals surface area contributed by atoms with Crippen LogP contribution in [0.4, 0.5) is 11.4 Å². The van der Waals surface area contributed by atoms with E-state index < -0.39 is 11.8 Å². The summed E-state index contributed by atoms with van der Waals surface area (Å²) >= 11 is 0. The molecule has 0 aliphatic heterocycles. The summed E-state index contributed by atoms with van der Waals surface area (Å²) in [4.78, 5) is 30.9. The van der Waals surface area contributed by atoms with Crippen LogP contribution >= 0.6 is 0 Å². The number of aromatic nitrogens is 2. The molecule has 7 nitrogen and oxygen atoms in total. The van der Waals surface area contributed by atoms with Gasteiger partial charge in [0.1, 0.15) is 5.75 Å². The molecule has 116 valence electrons. The molecule has 0 radical (unpaired) electrons. The van der Waals surface area contributed by atoms with Crippen LogP contribution in [-0.2, 0) is 9.59 Å². The van der Waals surface area contributed by atoms with Crippen molar-refractivity contribution in [1.29, 1.82) is 0 Å². The number of H-pyrrole nitrogens is 1. The highest BCUT2D eigenvalue weighted by molar-refractivity contribution is 6.43. The highest BCUT2D eigenvalue weighted by atomic mass is 16.3. The Balaban J connectivity index is 1.70. The lowest BCUT2D eigenvalue weighted by molar-refractivity contribution is -0.133. The Hall–Kier alpha value is -3.35. The number of nitrogens with zero attached hydrogens (tertiary/aromatic N) is 1. The van der Waals surface area contributed by atoms with Gasteiger partial charge in [0, 0.05) is 11.4 Å². The number of fused-ring (bicyclic) bond motifs is 1. The van der Waals surface area contributed by atoms with E-state index in [1.807, 2.05) is 0 Å². The molecular weight excluding hydrogens is 296 g/mol. The number of amides is 2. The summed E-state index contributed by atoms with van der Waals surface area (Å²) in [5, 5.41) is 14.4. The van der Waals surface area contributed by atoms with Gasteiger partial charge >= 0.3 is 11.8 Å². The van der Waals surface area contributed by atoms with Crippen molar-refractivity contribution in [2.75, 3.05) is 10.6 Å². The number of benzene rings is 2. The minimum absolute atomic E-state index is 0.0952. The molecule has 4 N–H and O–H groups in total. The van der Waals surface area contributed by atoms with E-state index in [1.165, 1.54) is 18.2 Å². The normalized spacial score (nSPS) is 10.5. The molecule has 1 heterocycles. The van der Waals surface area contributed by atoms with Crippen molar-refractivity contribution < 1.29 is 14.7 Å². The van der Waals surface area contributed by atoms with E-state index in [0.717, 1.165) is 11.0 Å². The minimum atomic E-state index is -0.788. The van der Waals surface area contributed by atoms with E-state index in [-0.39, 0.29) is 5.75 Å². The summed E-state index contributed by atoms with van der Waals surface area (Å²) in [7, 11) is 0. The monoisotopic (exact) mass is 310 g/mol. The molecule has 7 heteroatoms. The second kappa shape index (κ2) is 5.80. The number of phenolic OH excluding ortho intramolecular Hbond substituents is 1. The lowest BCUT2D eigenvalue weighted by atomic mass is 10.2. The Morgan fingerprint density at radius 3 is 2.65 bits per heavy atom. The van der Waals surface area contributed by atoms with Crippen molar-refractivity contribution >= 4 is 34.2 Å². The van der Waals surface area contributed by atoms with Crippen LogP contribution in [0.1, 0.15) is 5.56 Å². The zero-order valence-electron chi connectivity index (χ0n) is 12.3. The second-order valence-electron chi connectivity index (χ2n) is 5.04. The van der Waals surface area contributed by atoms with Crippen LogP contribution in [0.15, 0.2) is 42.7 Å². The van der Waals surface area contributed by atoms with Gasteiger partial charge in [0.2, 0.25) is 0 Å². The van der Waals surface area contributed by atoms with Crippen LogP contribution in [0.25, 0.3) is 11.0 Å². The molecule has 23 heavy (non-hydrogen) atoms. The summed E-state index contributed by atoms with van der Waals surface area (Å²) in [5.41, 5.74) is 3.14. The number of hydrogen-bond donors (Lipinski definition) is 4. The Bertz CT molecular complexity index is 901. The summed E-state index contributed by atoms with van der Waals surface area (Å²) in [6.45, 7) is 1.72. The standard InChI is InChI=1S/C16H14N4O3/c1-9-6-11(21)3-5-12(9)20-16(23)15(22)19-10-2-4-13-14(7-10)18-8-17-13/h2-8,21H,1H3,(H,17,18)(H,19,22)(H,20,23). The van der Waals surface area contributed by atoms with Crippen LogP contribution in [-0.4, -0.2) is 26.9 Å². The van der Waals surface area contributed by atoms with Crippen molar-refractivity contribution in [2.45, 2.75) is 6.92 Å². The van der Waals surface area contributed by atoms with E-state index in [2.05, 4.69) is 20.6 Å². The van der Waals surface area contributed by atoms with Crippen molar-refractivity contribution in [2.24, 2.45) is 0 Å². The number of carbonyl (C=O) groups excluding carboxylic acids is 2. The first kappa shape index (κ1) is 14.6. The molecule has 0 spiro atoms. The SMILES string of the molecule is Cc1cc(O)ccc1NC(=O)C(=O)Nc1ccc2nc[nH]c2c1. The molecule has 2 aromatic carbocycles. The number of nitrogens with one attached hydrogen (secondary N) is 3. The largest absolute Gasteiger partial charge is 0.508 e. The number of imidazole rings is 1. The van der Waals surface area contributed by atoms with Crippen molar-refractivity contribution in [3.8, 4) is 5.75 Å². The summed E-state index contributed by atoms with van der Waals surface area (Å²) in [5.74, 6) is -1.47. The van der Waals surface area contributed by atoms with E-state index >= 15 is 0 Å². The highest BCUT2D eigenvalue weighted by Gasteiger charge is 2.15. The van der Waals surface area contributed by atoms with Crippen molar-refractivity contribution in [3.05, 3.63) is 48.3 Å². The first-order chi connectivity index (χ1) is 11.0. The molecule has 0 atom stereocenters. The lowest BCUT2D eigenvalue weighted by Crippen LogP contribution is -2.29. The van der Waals surface area contributed by atoms with Crippen LogP contribution in [0.2, 0.25) is 0 Å². The molecule has 0 aliphatic carbocycles. The quantitative estimate of drug-likeness (QED) is 0.430. The maximum absolute atomic E-state index is 12.0. The van der Waals surface area contributed by atoms with E-state index in [1.54, 1.807) is 31.5 Å². The zero-order valence-corrected chi connectivity index (χ0v) is 12.3. The van der Waals surface area contributed by atoms with Gasteiger partial charge in [-0.05, 0) is 48.9 Å². The average molecular weight is 310 g/mol. The molecule has 0 saturated heterocycles. The van der Waals surface area contributed by atoms with Gasteiger partial charge < -0.3 is 20.7 Å². The summed E-state index contributed by atoms with van der Waals surface area (Å²) in [6, 6.07) is 9.57. The van der Waals surface area contributed by atoms with Gasteiger partial charge in [-0.25, -0.2) is 4.98 Å². The van der Waals surface area contributed by atoms with Crippen LogP contribution < -0.4 is 10.6 Å². The Labute approximate surface area is 131 Å². The maximum Gasteiger partial charge on any atom is 0.314 e. The fraction of sp³-hybridized carbons (Fsp3) is 0.0625. The first-order valence-electron chi connectivity index (χ1n) is 6.88. The number of phenols is 1. The van der Waals surface area contributed by atoms with Gasteiger partial charge in [0.25, 0.3) is 0 Å². The molecule has 0 bridgehead atoms. The number of carbonyl (C=O) groups is 2. The zero-order chi connectivity index (χ0) is 16.4. The molecule has 0 aliphatic rings. The lowest BCUT2D eigenvalue weighted by Gasteiger charge is -2.09. The molecular formula is C16H14N4O3. The number of aromatic hydroxyl groups is 1. The van der Waals surface area contributed by atoms with Gasteiger partial charge in [0.05, 0.1) is 17.4 Å². The van der Waals surface area contributed by atoms with Gasteiger partial charge in [-0.1, -0.05) is 0 Å². The molecule has 0 saturated carbocycles. The van der Waals surface area contributed by atoms with Gasteiger partial charge in [0.15, 0.2) is 0 Å². The van der Waals surface area contributed by atoms with Crippen LogP contribution in [0, 0.1) is 6.92 Å². The van der Waals surface area contributed by atoms with Gasteiger partial charge in [-0.2, -0.15) is 0 Å². The van der Waals surface area contributed by atoms with Crippen LogP contribution in [0.3, 0.4) is 0 Å². The number of aromatic amines is 1. The Kier molecular flexibility index (Phi) is 3.68. The van der Waals surface area contributed by atoms with Crippen molar-refractivity contribution in [1.82, 2.24) is 9.97 Å². The fourth-order valence-electron chi connectivity index (χ4n) is 2.17. The van der Waals surface area contributed by atoms with E-state index in [4.69, 9.17) is 0 Å². The van der Waals surface area contributed by atoms with E-state index in [9.17, 15) is 14.7 Å². The third-order valence-corrected chi connectivity index (χ3v) is 3.34. The predicted molar refractivity (Wildman–Crippen MR) is 86.2 cm³/mol. The average Bonchev–Trinajstić information content (AvgIpc) is 2.97. The van der Waals surface area contributed by atoms with Gasteiger partial charge in [-0.15, -0.1) is 0 Å². The minimum Gasteiger partial charge on any atom is -0.508 e. The maximum atomic E-state index is 12.0. The molecule has 1 aromatic heterocycles. The molecule has 3 aromatic rings. The Morgan fingerprint density at radius 2 is 1.87 bits per heavy atom. The molecule has 0 fully saturated rings.